The third-order valence-electron chi connectivity index (χ3n) is 3.74. The lowest BCUT2D eigenvalue weighted by atomic mass is 10.1. The minimum absolute atomic E-state index is 0.0193. The van der Waals surface area contributed by atoms with Gasteiger partial charge in [0.25, 0.3) is 15.9 Å². The van der Waals surface area contributed by atoms with Gasteiger partial charge in [0.05, 0.1) is 17.0 Å². The number of esters is 1. The number of fused-ring (bicyclic) bond motifs is 1. The Morgan fingerprint density at radius 2 is 1.96 bits per heavy atom. The van der Waals surface area contributed by atoms with Crippen molar-refractivity contribution < 1.29 is 31.6 Å². The van der Waals surface area contributed by atoms with Crippen LogP contribution >= 0.6 is 0 Å². The number of carbonyl (C=O) groups is 2. The quantitative estimate of drug-likeness (QED) is 0.507. The van der Waals surface area contributed by atoms with Gasteiger partial charge in [-0.15, -0.1) is 0 Å². The fourth-order valence-electron chi connectivity index (χ4n) is 2.57. The number of benzene rings is 1. The van der Waals surface area contributed by atoms with E-state index < -0.39 is 39.1 Å². The first-order chi connectivity index (χ1) is 13.1. The molecule has 0 saturated carbocycles. The van der Waals surface area contributed by atoms with Crippen LogP contribution in [0.5, 0.6) is 0 Å². The van der Waals surface area contributed by atoms with Gasteiger partial charge < -0.3 is 19.3 Å². The molecule has 1 amide bonds. The molecule has 2 aromatic heterocycles. The first kappa shape index (κ1) is 19.2. The fourth-order valence-corrected chi connectivity index (χ4v) is 3.59. The van der Waals surface area contributed by atoms with Crippen LogP contribution in [0.1, 0.15) is 33.4 Å². The van der Waals surface area contributed by atoms with Crippen molar-refractivity contribution in [1.82, 2.24) is 4.98 Å². The first-order valence-electron chi connectivity index (χ1n) is 7.90. The van der Waals surface area contributed by atoms with Crippen LogP contribution in [0, 0.1) is 6.92 Å². The summed E-state index contributed by atoms with van der Waals surface area (Å²) < 4.78 is 42.4. The number of aromatic amines is 1. The number of carbonyl (C=O) groups excluding carboxylic acids is 2. The highest BCUT2D eigenvalue weighted by atomic mass is 32.2. The maximum Gasteiger partial charge on any atom is 0.417 e. The van der Waals surface area contributed by atoms with E-state index in [0.29, 0.717) is 5.52 Å². The molecule has 4 N–H and O–H groups in total. The number of H-pyrrole nitrogens is 1. The van der Waals surface area contributed by atoms with Crippen LogP contribution in [0.15, 0.2) is 36.7 Å². The smallest absolute Gasteiger partial charge is 0.417 e. The third kappa shape index (κ3) is 3.36. The van der Waals surface area contributed by atoms with E-state index in [-0.39, 0.29) is 28.4 Å². The molecule has 0 aliphatic carbocycles. The van der Waals surface area contributed by atoms with E-state index in [9.17, 15) is 22.8 Å². The normalized spacial score (nSPS) is 11.5. The molecule has 0 saturated heterocycles. The van der Waals surface area contributed by atoms with Crippen LogP contribution in [-0.4, -0.2) is 31.9 Å². The molecule has 0 spiro atoms. The van der Waals surface area contributed by atoms with Gasteiger partial charge in [-0.1, -0.05) is 0 Å². The third-order valence-corrected chi connectivity index (χ3v) is 5.07. The minimum atomic E-state index is -4.27. The second kappa shape index (κ2) is 6.88. The van der Waals surface area contributed by atoms with Crippen molar-refractivity contribution in [3.05, 3.63) is 45.6 Å². The summed E-state index contributed by atoms with van der Waals surface area (Å²) in [6.45, 7) is 2.96. The number of hydrogen-bond donors (Lipinski definition) is 3. The Labute approximate surface area is 157 Å². The summed E-state index contributed by atoms with van der Waals surface area (Å²) in [6.07, 6.45) is 0. The van der Waals surface area contributed by atoms with Crippen molar-refractivity contribution in [3.8, 4) is 0 Å². The number of aryl methyl sites for hydroxylation is 1. The van der Waals surface area contributed by atoms with Crippen LogP contribution in [0.3, 0.4) is 0 Å². The summed E-state index contributed by atoms with van der Waals surface area (Å²) in [4.78, 5) is 37.2. The van der Waals surface area contributed by atoms with Gasteiger partial charge in [-0.25, -0.2) is 22.7 Å². The van der Waals surface area contributed by atoms with Gasteiger partial charge in [0.15, 0.2) is 5.58 Å². The van der Waals surface area contributed by atoms with Crippen LogP contribution in [-0.2, 0) is 14.8 Å². The number of nitrogens with two attached hydrogens (primary N) is 1. The van der Waals surface area contributed by atoms with E-state index in [2.05, 4.69) is 9.71 Å². The van der Waals surface area contributed by atoms with Gasteiger partial charge in [0.2, 0.25) is 5.88 Å². The van der Waals surface area contributed by atoms with Crippen molar-refractivity contribution in [3.63, 3.8) is 0 Å². The van der Waals surface area contributed by atoms with Crippen molar-refractivity contribution in [1.29, 1.82) is 0 Å². The summed E-state index contributed by atoms with van der Waals surface area (Å²) in [5, 5.41) is 0. The second-order valence-electron chi connectivity index (χ2n) is 5.60. The Morgan fingerprint density at radius 1 is 1.25 bits per heavy atom. The SMILES string of the molecule is CCOC(=O)c1c(C)oc(NS(=O)(=O)c2ccc3[nH]c(=O)oc3c2)c1C(N)=O. The zero-order valence-corrected chi connectivity index (χ0v) is 15.5. The Bertz CT molecular complexity index is 1250. The predicted octanol–water partition coefficient (Wildman–Crippen LogP) is 1.10. The summed E-state index contributed by atoms with van der Waals surface area (Å²) >= 11 is 0. The van der Waals surface area contributed by atoms with E-state index in [1.54, 1.807) is 6.92 Å². The molecule has 0 atom stereocenters. The number of nitrogens with one attached hydrogen (secondary N) is 2. The van der Waals surface area contributed by atoms with E-state index in [1.807, 2.05) is 0 Å². The maximum absolute atomic E-state index is 12.7. The van der Waals surface area contributed by atoms with E-state index in [4.69, 9.17) is 19.3 Å². The zero-order valence-electron chi connectivity index (χ0n) is 14.7. The Morgan fingerprint density at radius 3 is 2.61 bits per heavy atom. The van der Waals surface area contributed by atoms with Gasteiger partial charge in [0.1, 0.15) is 16.9 Å². The van der Waals surface area contributed by atoms with Crippen LogP contribution < -0.4 is 16.2 Å². The lowest BCUT2D eigenvalue weighted by molar-refractivity contribution is 0.0521. The molecule has 28 heavy (non-hydrogen) atoms. The van der Waals surface area contributed by atoms with Crippen LogP contribution in [0.4, 0.5) is 5.88 Å². The van der Waals surface area contributed by atoms with Crippen molar-refractivity contribution in [2.45, 2.75) is 18.7 Å². The molecule has 1 aromatic carbocycles. The highest BCUT2D eigenvalue weighted by Crippen LogP contribution is 2.30. The molecule has 0 fully saturated rings. The molecule has 148 valence electrons. The zero-order chi connectivity index (χ0) is 20.6. The lowest BCUT2D eigenvalue weighted by Crippen LogP contribution is -2.20. The second-order valence-corrected chi connectivity index (χ2v) is 7.28. The number of rotatable bonds is 6. The van der Waals surface area contributed by atoms with Crippen LogP contribution in [0.2, 0.25) is 0 Å². The number of sulfonamides is 1. The molecule has 0 unspecified atom stereocenters. The van der Waals surface area contributed by atoms with E-state index in [1.165, 1.54) is 19.1 Å². The van der Waals surface area contributed by atoms with Gasteiger partial charge in [-0.3, -0.25) is 9.78 Å². The molecule has 0 radical (unpaired) electrons. The van der Waals surface area contributed by atoms with Gasteiger partial charge in [-0.2, -0.15) is 0 Å². The Kier molecular flexibility index (Phi) is 4.73. The van der Waals surface area contributed by atoms with Crippen molar-refractivity contribution >= 4 is 38.9 Å². The first-order valence-corrected chi connectivity index (χ1v) is 9.38. The number of ether oxygens (including phenoxy) is 1. The molecule has 11 nitrogen and oxygen atoms in total. The molecule has 2 heterocycles. The number of primary amides is 1. The molecular weight excluding hydrogens is 394 g/mol. The highest BCUT2D eigenvalue weighted by molar-refractivity contribution is 7.92. The maximum atomic E-state index is 12.7. The van der Waals surface area contributed by atoms with Crippen molar-refractivity contribution in [2.75, 3.05) is 11.3 Å². The van der Waals surface area contributed by atoms with Gasteiger partial charge in [0, 0.05) is 6.07 Å². The summed E-state index contributed by atoms with van der Waals surface area (Å²) in [5.74, 6) is -3.27. The number of amides is 1. The summed E-state index contributed by atoms with van der Waals surface area (Å²) in [7, 11) is -4.27. The molecule has 0 aliphatic rings. The number of aromatic nitrogens is 1. The molecule has 12 heteroatoms. The monoisotopic (exact) mass is 409 g/mol. The lowest BCUT2D eigenvalue weighted by Gasteiger charge is -2.07. The summed E-state index contributed by atoms with van der Waals surface area (Å²) in [5.41, 5.74) is 4.91. The predicted molar refractivity (Wildman–Crippen MR) is 95.6 cm³/mol. The standard InChI is InChI=1S/C16H15N3O8S/c1-3-25-15(21)11-7(2)26-14(12(11)13(17)20)19-28(23,24)8-4-5-9-10(6-8)27-16(22)18-9/h4-6,19H,3H2,1-2H3,(H2,17,20)(H,18,22). The fraction of sp³-hybridized carbons (Fsp3) is 0.188. The number of oxazole rings is 1. The Balaban J connectivity index is 2.06. The minimum Gasteiger partial charge on any atom is -0.462 e. The number of anilines is 1. The van der Waals surface area contributed by atoms with Gasteiger partial charge in [-0.05, 0) is 26.0 Å². The van der Waals surface area contributed by atoms with E-state index >= 15 is 0 Å². The van der Waals surface area contributed by atoms with Gasteiger partial charge >= 0.3 is 11.7 Å². The van der Waals surface area contributed by atoms with Crippen LogP contribution in [0.25, 0.3) is 11.1 Å². The Hall–Kier alpha value is -3.54. The molecular formula is C16H15N3O8S. The topological polar surface area (TPSA) is 175 Å². The molecule has 0 bridgehead atoms. The van der Waals surface area contributed by atoms with Crippen molar-refractivity contribution in [2.24, 2.45) is 5.73 Å². The number of hydrogen-bond acceptors (Lipinski definition) is 8. The largest absolute Gasteiger partial charge is 0.462 e. The molecule has 3 aromatic rings. The average molecular weight is 409 g/mol. The highest BCUT2D eigenvalue weighted by Gasteiger charge is 2.30. The summed E-state index contributed by atoms with van der Waals surface area (Å²) in [6, 6.07) is 3.66. The van der Waals surface area contributed by atoms with E-state index in [0.717, 1.165) is 6.07 Å². The molecule has 0 aliphatic heterocycles. The molecule has 3 rings (SSSR count). The number of furan rings is 1. The average Bonchev–Trinajstić information content (AvgIpc) is 3.12.